The van der Waals surface area contributed by atoms with Gasteiger partial charge in [0.25, 0.3) is 0 Å². The molecule has 0 aromatic heterocycles. The minimum Gasteiger partial charge on any atom is -0.357 e. The molecule has 0 saturated carbocycles. The fraction of sp³-hybridized carbons (Fsp3) is 0.933. The first-order chi connectivity index (χ1) is 9.04. The van der Waals surface area contributed by atoms with Crippen molar-refractivity contribution in [3.05, 3.63) is 0 Å². The van der Waals surface area contributed by atoms with Crippen molar-refractivity contribution >= 4 is 29.9 Å². The smallest absolute Gasteiger partial charge is 0.193 e. The second-order valence-corrected chi connectivity index (χ2v) is 5.98. The molecule has 4 nitrogen and oxygen atoms in total. The Morgan fingerprint density at radius 2 is 1.95 bits per heavy atom. The van der Waals surface area contributed by atoms with Crippen LogP contribution in [0, 0.1) is 5.92 Å². The van der Waals surface area contributed by atoms with Gasteiger partial charge in [-0.05, 0) is 46.6 Å². The molecule has 5 heteroatoms. The van der Waals surface area contributed by atoms with E-state index in [1.807, 2.05) is 0 Å². The maximum Gasteiger partial charge on any atom is 0.193 e. The predicted octanol–water partition coefficient (Wildman–Crippen LogP) is 2.64. The van der Waals surface area contributed by atoms with Crippen LogP contribution in [0.2, 0.25) is 0 Å². The fourth-order valence-corrected chi connectivity index (χ4v) is 2.22. The first-order valence-corrected chi connectivity index (χ1v) is 7.78. The van der Waals surface area contributed by atoms with Gasteiger partial charge in [-0.15, -0.1) is 24.0 Å². The van der Waals surface area contributed by atoms with E-state index >= 15 is 0 Å². The third-order valence-electron chi connectivity index (χ3n) is 4.01. The van der Waals surface area contributed by atoms with E-state index in [1.165, 1.54) is 12.8 Å². The summed E-state index contributed by atoms with van der Waals surface area (Å²) < 4.78 is 0. The topological polar surface area (TPSA) is 30.9 Å². The van der Waals surface area contributed by atoms with Gasteiger partial charge < -0.3 is 15.1 Å². The Balaban J connectivity index is 0.00000361. The Hall–Kier alpha value is -0.0400. The molecule has 0 spiro atoms. The summed E-state index contributed by atoms with van der Waals surface area (Å²) in [5, 5.41) is 3.43. The molecule has 0 aliphatic carbocycles. The fourth-order valence-electron chi connectivity index (χ4n) is 2.22. The summed E-state index contributed by atoms with van der Waals surface area (Å²) in [6.07, 6.45) is 2.58. The second kappa shape index (κ2) is 10.7. The van der Waals surface area contributed by atoms with Gasteiger partial charge in [-0.2, -0.15) is 0 Å². The average molecular weight is 396 g/mol. The van der Waals surface area contributed by atoms with Gasteiger partial charge in [0.05, 0.1) is 6.54 Å². The molecule has 1 fully saturated rings. The van der Waals surface area contributed by atoms with E-state index in [0.717, 1.165) is 44.6 Å². The van der Waals surface area contributed by atoms with Crippen LogP contribution in [0.1, 0.15) is 40.5 Å². The van der Waals surface area contributed by atoms with Crippen molar-refractivity contribution < 1.29 is 0 Å². The van der Waals surface area contributed by atoms with Crippen LogP contribution in [0.3, 0.4) is 0 Å². The van der Waals surface area contributed by atoms with Crippen molar-refractivity contribution in [3.63, 3.8) is 0 Å². The van der Waals surface area contributed by atoms with E-state index in [2.05, 4.69) is 49.9 Å². The zero-order valence-electron chi connectivity index (χ0n) is 13.9. The first-order valence-electron chi connectivity index (χ1n) is 7.78. The summed E-state index contributed by atoms with van der Waals surface area (Å²) >= 11 is 0. The van der Waals surface area contributed by atoms with E-state index < -0.39 is 0 Å². The maximum absolute atomic E-state index is 4.77. The van der Waals surface area contributed by atoms with E-state index in [0.29, 0.717) is 6.04 Å². The molecule has 1 rings (SSSR count). The van der Waals surface area contributed by atoms with Gasteiger partial charge in [-0.3, -0.25) is 4.99 Å². The molecule has 0 aromatic rings. The molecule has 1 N–H and O–H groups in total. The maximum atomic E-state index is 4.77. The third-order valence-corrected chi connectivity index (χ3v) is 4.01. The van der Waals surface area contributed by atoms with Crippen molar-refractivity contribution in [2.45, 2.75) is 46.6 Å². The van der Waals surface area contributed by atoms with Crippen LogP contribution in [-0.2, 0) is 0 Å². The number of aliphatic imine (C=N–C) groups is 1. The van der Waals surface area contributed by atoms with Crippen molar-refractivity contribution in [2.75, 3.05) is 39.8 Å². The molecular weight excluding hydrogens is 363 g/mol. The van der Waals surface area contributed by atoms with E-state index in [9.17, 15) is 0 Å². The van der Waals surface area contributed by atoms with Gasteiger partial charge in [0.2, 0.25) is 0 Å². The molecule has 120 valence electrons. The lowest BCUT2D eigenvalue weighted by Gasteiger charge is -2.33. The highest BCUT2D eigenvalue weighted by Crippen LogP contribution is 2.15. The molecular formula is C15H33IN4. The molecule has 0 amide bonds. The Bertz CT molecular complexity index is 273. The monoisotopic (exact) mass is 396 g/mol. The van der Waals surface area contributed by atoms with Crippen LogP contribution in [0.4, 0.5) is 0 Å². The Morgan fingerprint density at radius 3 is 2.45 bits per heavy atom. The normalized spacial score (nSPS) is 17.6. The number of halogens is 1. The van der Waals surface area contributed by atoms with Gasteiger partial charge in [-0.1, -0.05) is 6.92 Å². The summed E-state index contributed by atoms with van der Waals surface area (Å²) in [6, 6.07) is 0.591. The predicted molar refractivity (Wildman–Crippen MR) is 99.1 cm³/mol. The van der Waals surface area contributed by atoms with Gasteiger partial charge in [0, 0.05) is 32.2 Å². The van der Waals surface area contributed by atoms with Crippen LogP contribution >= 0.6 is 24.0 Å². The van der Waals surface area contributed by atoms with E-state index in [1.54, 1.807) is 0 Å². The summed E-state index contributed by atoms with van der Waals surface area (Å²) in [5.41, 5.74) is 0. The SMILES string of the molecule is CCNC(=NCCN(C)C(C)C)N1CCC(C)CC1.I. The van der Waals surface area contributed by atoms with Gasteiger partial charge in [0.1, 0.15) is 0 Å². The lowest BCUT2D eigenvalue weighted by Crippen LogP contribution is -2.45. The molecule has 0 radical (unpaired) electrons. The number of hydrogen-bond acceptors (Lipinski definition) is 2. The number of likely N-dealkylation sites (tertiary alicyclic amines) is 1. The van der Waals surface area contributed by atoms with Crippen LogP contribution in [0.5, 0.6) is 0 Å². The Kier molecular flexibility index (Phi) is 10.6. The van der Waals surface area contributed by atoms with E-state index in [-0.39, 0.29) is 24.0 Å². The van der Waals surface area contributed by atoms with Crippen molar-refractivity contribution in [3.8, 4) is 0 Å². The van der Waals surface area contributed by atoms with Crippen molar-refractivity contribution in [2.24, 2.45) is 10.9 Å². The molecule has 0 atom stereocenters. The van der Waals surface area contributed by atoms with Crippen LogP contribution in [0.15, 0.2) is 4.99 Å². The van der Waals surface area contributed by atoms with Gasteiger partial charge in [-0.25, -0.2) is 0 Å². The van der Waals surface area contributed by atoms with Crippen molar-refractivity contribution in [1.29, 1.82) is 0 Å². The number of rotatable bonds is 5. The number of piperidine rings is 1. The molecule has 0 aromatic carbocycles. The standard InChI is InChI=1S/C15H32N4.HI/c1-6-16-15(17-9-12-18(5)13(2)3)19-10-7-14(4)8-11-19;/h13-14H,6-12H2,1-5H3,(H,16,17);1H. The zero-order valence-corrected chi connectivity index (χ0v) is 16.2. The summed E-state index contributed by atoms with van der Waals surface area (Å²) in [6.45, 7) is 14.1. The largest absolute Gasteiger partial charge is 0.357 e. The number of likely N-dealkylation sites (N-methyl/N-ethyl adjacent to an activating group) is 1. The molecule has 0 bridgehead atoms. The quantitative estimate of drug-likeness (QED) is 0.441. The second-order valence-electron chi connectivity index (χ2n) is 5.98. The first kappa shape index (κ1) is 20.0. The van der Waals surface area contributed by atoms with Crippen LogP contribution in [-0.4, -0.2) is 61.6 Å². The number of nitrogens with one attached hydrogen (secondary N) is 1. The molecule has 1 heterocycles. The summed E-state index contributed by atoms with van der Waals surface area (Å²) in [4.78, 5) is 9.53. The van der Waals surface area contributed by atoms with Gasteiger partial charge in [0.15, 0.2) is 5.96 Å². The number of hydrogen-bond donors (Lipinski definition) is 1. The minimum atomic E-state index is 0. The minimum absolute atomic E-state index is 0. The molecule has 1 aliphatic heterocycles. The lowest BCUT2D eigenvalue weighted by molar-refractivity contribution is 0.268. The van der Waals surface area contributed by atoms with Gasteiger partial charge >= 0.3 is 0 Å². The number of nitrogens with zero attached hydrogens (tertiary/aromatic N) is 3. The zero-order chi connectivity index (χ0) is 14.3. The number of guanidine groups is 1. The molecule has 0 unspecified atom stereocenters. The average Bonchev–Trinajstić information content (AvgIpc) is 2.38. The molecule has 1 saturated heterocycles. The van der Waals surface area contributed by atoms with Crippen LogP contribution in [0.25, 0.3) is 0 Å². The highest BCUT2D eigenvalue weighted by atomic mass is 127. The lowest BCUT2D eigenvalue weighted by atomic mass is 10.00. The Labute approximate surface area is 142 Å². The van der Waals surface area contributed by atoms with Crippen LogP contribution < -0.4 is 5.32 Å². The Morgan fingerprint density at radius 1 is 1.35 bits per heavy atom. The summed E-state index contributed by atoms with van der Waals surface area (Å²) in [7, 11) is 2.16. The van der Waals surface area contributed by atoms with Crippen molar-refractivity contribution in [1.82, 2.24) is 15.1 Å². The molecule has 1 aliphatic rings. The third kappa shape index (κ3) is 7.11. The van der Waals surface area contributed by atoms with E-state index in [4.69, 9.17) is 4.99 Å². The highest BCUT2D eigenvalue weighted by Gasteiger charge is 2.18. The molecule has 20 heavy (non-hydrogen) atoms. The highest BCUT2D eigenvalue weighted by molar-refractivity contribution is 14.0. The summed E-state index contributed by atoms with van der Waals surface area (Å²) in [5.74, 6) is 1.97.